The topological polar surface area (TPSA) is 29.3 Å². The van der Waals surface area contributed by atoms with E-state index < -0.39 is 11.7 Å². The molecule has 1 aromatic rings. The molecule has 0 aliphatic carbocycles. The third-order valence-electron chi connectivity index (χ3n) is 3.73. The molecule has 0 radical (unpaired) electrons. The number of hydrogen-bond acceptors (Lipinski definition) is 2. The van der Waals surface area contributed by atoms with Crippen molar-refractivity contribution in [2.24, 2.45) is 5.73 Å². The lowest BCUT2D eigenvalue weighted by molar-refractivity contribution is -0.138. The van der Waals surface area contributed by atoms with Gasteiger partial charge in [0, 0.05) is 18.3 Å². The summed E-state index contributed by atoms with van der Waals surface area (Å²) in [6.45, 7) is 3.28. The van der Waals surface area contributed by atoms with E-state index in [4.69, 9.17) is 5.73 Å². The molecule has 0 aromatic heterocycles. The minimum Gasteiger partial charge on any atom is -0.368 e. The van der Waals surface area contributed by atoms with E-state index in [1.165, 1.54) is 12.1 Å². The highest BCUT2D eigenvalue weighted by Crippen LogP contribution is 2.42. The number of benzene rings is 1. The fourth-order valence-corrected chi connectivity index (χ4v) is 2.91. The number of hydrogen-bond donors (Lipinski definition) is 1. The number of rotatable bonds is 4. The van der Waals surface area contributed by atoms with E-state index in [9.17, 15) is 13.2 Å². The van der Waals surface area contributed by atoms with E-state index >= 15 is 0 Å². The Hall–Kier alpha value is -1.23. The molecule has 0 saturated carbocycles. The van der Waals surface area contributed by atoms with E-state index in [0.29, 0.717) is 18.5 Å². The number of alkyl halides is 3. The van der Waals surface area contributed by atoms with Crippen LogP contribution in [0.3, 0.4) is 0 Å². The molecule has 2 nitrogen and oxygen atoms in total. The monoisotopic (exact) mass is 272 g/mol. The predicted octanol–water partition coefficient (Wildman–Crippen LogP) is 3.20. The Morgan fingerprint density at radius 2 is 2.11 bits per heavy atom. The van der Waals surface area contributed by atoms with Crippen molar-refractivity contribution >= 4 is 5.69 Å². The molecule has 19 heavy (non-hydrogen) atoms. The van der Waals surface area contributed by atoms with Crippen molar-refractivity contribution in [2.75, 3.05) is 18.0 Å². The Bertz CT molecular complexity index is 443. The number of nitrogens with zero attached hydrogens (tertiary/aromatic N) is 1. The van der Waals surface area contributed by atoms with Gasteiger partial charge >= 0.3 is 6.18 Å². The van der Waals surface area contributed by atoms with Crippen molar-refractivity contribution in [3.8, 4) is 0 Å². The first-order valence-corrected chi connectivity index (χ1v) is 6.64. The Kier molecular flexibility index (Phi) is 4.04. The Labute approximate surface area is 111 Å². The Balaban J connectivity index is 2.34. The van der Waals surface area contributed by atoms with Gasteiger partial charge in [0.1, 0.15) is 0 Å². The normalized spacial score (nSPS) is 18.8. The number of halogens is 3. The lowest BCUT2D eigenvalue weighted by Gasteiger charge is -2.26. The maximum Gasteiger partial charge on any atom is 0.416 e. The first-order chi connectivity index (χ1) is 8.99. The molecular weight excluding hydrogens is 253 g/mol. The molecule has 1 aliphatic heterocycles. The van der Waals surface area contributed by atoms with Crippen LogP contribution in [0.5, 0.6) is 0 Å². The standard InChI is InChI=1S/C14H19F3N2/c1-2-19-10(5-4-8-18)9-11-12(14(15,16)17)6-3-7-13(11)19/h3,6-7,10H,2,4-5,8-9,18H2,1H3. The average Bonchev–Trinajstić information content (AvgIpc) is 2.71. The van der Waals surface area contributed by atoms with Gasteiger partial charge in [-0.1, -0.05) is 6.07 Å². The van der Waals surface area contributed by atoms with Gasteiger partial charge in [-0.25, -0.2) is 0 Å². The lowest BCUT2D eigenvalue weighted by atomic mass is 10.0. The van der Waals surface area contributed by atoms with Gasteiger partial charge in [0.25, 0.3) is 0 Å². The van der Waals surface area contributed by atoms with Gasteiger partial charge < -0.3 is 10.6 Å². The van der Waals surface area contributed by atoms with E-state index in [-0.39, 0.29) is 6.04 Å². The van der Waals surface area contributed by atoms with Crippen LogP contribution < -0.4 is 10.6 Å². The molecule has 1 aliphatic rings. The second-order valence-electron chi connectivity index (χ2n) is 4.88. The Morgan fingerprint density at radius 3 is 2.68 bits per heavy atom. The van der Waals surface area contributed by atoms with Gasteiger partial charge in [0.2, 0.25) is 0 Å². The zero-order valence-corrected chi connectivity index (χ0v) is 11.0. The van der Waals surface area contributed by atoms with Crippen LogP contribution in [-0.4, -0.2) is 19.1 Å². The predicted molar refractivity (Wildman–Crippen MR) is 70.2 cm³/mol. The molecule has 0 amide bonds. The molecule has 0 bridgehead atoms. The van der Waals surface area contributed by atoms with E-state index in [0.717, 1.165) is 25.1 Å². The molecule has 2 rings (SSSR count). The lowest BCUT2D eigenvalue weighted by Crippen LogP contribution is -2.32. The smallest absolute Gasteiger partial charge is 0.368 e. The number of fused-ring (bicyclic) bond motifs is 1. The van der Waals surface area contributed by atoms with Crippen molar-refractivity contribution in [3.63, 3.8) is 0 Å². The second kappa shape index (κ2) is 5.41. The first-order valence-electron chi connectivity index (χ1n) is 6.64. The molecular formula is C14H19F3N2. The molecule has 1 atom stereocenters. The van der Waals surface area contributed by atoms with Gasteiger partial charge in [-0.2, -0.15) is 13.2 Å². The minimum atomic E-state index is -4.27. The molecule has 0 saturated heterocycles. The summed E-state index contributed by atoms with van der Waals surface area (Å²) < 4.78 is 39.0. The summed E-state index contributed by atoms with van der Waals surface area (Å²) >= 11 is 0. The van der Waals surface area contributed by atoms with Crippen LogP contribution in [0.4, 0.5) is 18.9 Å². The van der Waals surface area contributed by atoms with Crippen molar-refractivity contribution < 1.29 is 13.2 Å². The quantitative estimate of drug-likeness (QED) is 0.912. The summed E-state index contributed by atoms with van der Waals surface area (Å²) in [6.07, 6.45) is -2.11. The number of likely N-dealkylation sites (N-methyl/N-ethyl adjacent to an activating group) is 1. The van der Waals surface area contributed by atoms with E-state index in [1.807, 2.05) is 6.92 Å². The van der Waals surface area contributed by atoms with Crippen LogP contribution in [0.1, 0.15) is 30.9 Å². The molecule has 5 heteroatoms. The molecule has 2 N–H and O–H groups in total. The summed E-state index contributed by atoms with van der Waals surface area (Å²) in [4.78, 5) is 2.07. The van der Waals surface area contributed by atoms with Crippen LogP contribution >= 0.6 is 0 Å². The Morgan fingerprint density at radius 1 is 1.37 bits per heavy atom. The van der Waals surface area contributed by atoms with E-state index in [2.05, 4.69) is 4.90 Å². The van der Waals surface area contributed by atoms with Crippen LogP contribution in [0, 0.1) is 0 Å². The van der Waals surface area contributed by atoms with Crippen molar-refractivity contribution in [1.82, 2.24) is 0 Å². The van der Waals surface area contributed by atoms with Gasteiger partial charge in [0.05, 0.1) is 5.56 Å². The number of anilines is 1. The third-order valence-corrected chi connectivity index (χ3v) is 3.73. The zero-order valence-electron chi connectivity index (χ0n) is 11.0. The van der Waals surface area contributed by atoms with Gasteiger partial charge in [0.15, 0.2) is 0 Å². The maximum atomic E-state index is 13.0. The fourth-order valence-electron chi connectivity index (χ4n) is 2.91. The van der Waals surface area contributed by atoms with Crippen LogP contribution in [0.25, 0.3) is 0 Å². The van der Waals surface area contributed by atoms with Crippen molar-refractivity contribution in [2.45, 2.75) is 38.4 Å². The maximum absolute atomic E-state index is 13.0. The molecule has 0 fully saturated rings. The summed E-state index contributed by atoms with van der Waals surface area (Å²) in [5.74, 6) is 0. The van der Waals surface area contributed by atoms with Gasteiger partial charge in [-0.05, 0) is 50.4 Å². The molecule has 1 heterocycles. The molecule has 1 aromatic carbocycles. The van der Waals surface area contributed by atoms with Gasteiger partial charge in [-0.15, -0.1) is 0 Å². The SMILES string of the molecule is CCN1c2cccc(C(F)(F)F)c2CC1CCCN. The minimum absolute atomic E-state index is 0.145. The summed E-state index contributed by atoms with van der Waals surface area (Å²) in [7, 11) is 0. The summed E-state index contributed by atoms with van der Waals surface area (Å²) in [6, 6.07) is 4.61. The fraction of sp³-hybridized carbons (Fsp3) is 0.571. The second-order valence-corrected chi connectivity index (χ2v) is 4.88. The van der Waals surface area contributed by atoms with Crippen molar-refractivity contribution in [3.05, 3.63) is 29.3 Å². The highest BCUT2D eigenvalue weighted by Gasteiger charge is 2.38. The first kappa shape index (κ1) is 14.2. The van der Waals surface area contributed by atoms with Crippen LogP contribution in [0.15, 0.2) is 18.2 Å². The van der Waals surface area contributed by atoms with Gasteiger partial charge in [-0.3, -0.25) is 0 Å². The molecule has 1 unspecified atom stereocenters. The largest absolute Gasteiger partial charge is 0.416 e. The highest BCUT2D eigenvalue weighted by molar-refractivity contribution is 5.62. The zero-order chi connectivity index (χ0) is 14.0. The molecule has 0 spiro atoms. The number of nitrogens with two attached hydrogens (primary N) is 1. The van der Waals surface area contributed by atoms with Crippen molar-refractivity contribution in [1.29, 1.82) is 0 Å². The summed E-state index contributed by atoms with van der Waals surface area (Å²) in [5.41, 5.74) is 6.19. The molecule has 106 valence electrons. The summed E-state index contributed by atoms with van der Waals surface area (Å²) in [5, 5.41) is 0. The highest BCUT2D eigenvalue weighted by atomic mass is 19.4. The average molecular weight is 272 g/mol. The van der Waals surface area contributed by atoms with Crippen LogP contribution in [-0.2, 0) is 12.6 Å². The van der Waals surface area contributed by atoms with Crippen LogP contribution in [0.2, 0.25) is 0 Å². The van der Waals surface area contributed by atoms with E-state index in [1.54, 1.807) is 6.07 Å². The third kappa shape index (κ3) is 2.71.